The van der Waals surface area contributed by atoms with Crippen molar-refractivity contribution in [1.29, 1.82) is 0 Å². The zero-order valence-corrected chi connectivity index (χ0v) is 18.6. The van der Waals surface area contributed by atoms with Crippen LogP contribution >= 0.6 is 0 Å². The van der Waals surface area contributed by atoms with Crippen LogP contribution in [0.5, 0.6) is 0 Å². The second kappa shape index (κ2) is 7.14. The zero-order valence-electron chi connectivity index (χ0n) is 18.6. The van der Waals surface area contributed by atoms with Crippen molar-refractivity contribution in [1.82, 2.24) is 14.7 Å². The Balaban J connectivity index is 1.32. The van der Waals surface area contributed by atoms with Gasteiger partial charge in [-0.25, -0.2) is 4.68 Å². The highest BCUT2D eigenvalue weighted by atomic mass is 19.4. The molecule has 4 aliphatic rings. The molecule has 0 spiro atoms. The van der Waals surface area contributed by atoms with Gasteiger partial charge in [-0.15, -0.1) is 0 Å². The van der Waals surface area contributed by atoms with Crippen molar-refractivity contribution in [3.8, 4) is 0 Å². The SMILES string of the molecule is CC(C)(C)[C@H]1C[C@@H](C(F)(F)F)n2nc([C@@H]3CCN(C(=O)C4[C@H]5CCCC[C@H]45)C3)cc2N1. The number of aromatic nitrogens is 2. The monoisotopic (exact) mass is 438 g/mol. The molecule has 8 heteroatoms. The molecule has 0 radical (unpaired) electrons. The summed E-state index contributed by atoms with van der Waals surface area (Å²) in [4.78, 5) is 15.0. The molecule has 5 rings (SSSR count). The van der Waals surface area contributed by atoms with Gasteiger partial charge in [0, 0.05) is 37.0 Å². The number of amides is 1. The number of rotatable bonds is 2. The zero-order chi connectivity index (χ0) is 22.1. The first kappa shape index (κ1) is 21.1. The molecule has 0 aromatic carbocycles. The average Bonchev–Trinajstić information content (AvgIpc) is 3.02. The number of nitrogens with zero attached hydrogens (tertiary/aromatic N) is 3. The summed E-state index contributed by atoms with van der Waals surface area (Å²) in [5.41, 5.74) is 0.381. The van der Waals surface area contributed by atoms with Crippen LogP contribution in [0.1, 0.15) is 76.9 Å². The molecule has 2 aliphatic carbocycles. The molecule has 0 unspecified atom stereocenters. The van der Waals surface area contributed by atoms with Gasteiger partial charge in [0.1, 0.15) is 5.82 Å². The predicted octanol–water partition coefficient (Wildman–Crippen LogP) is 4.97. The Morgan fingerprint density at radius 3 is 2.42 bits per heavy atom. The maximum absolute atomic E-state index is 13.8. The van der Waals surface area contributed by atoms with E-state index in [1.165, 1.54) is 25.7 Å². The van der Waals surface area contributed by atoms with E-state index in [0.29, 0.717) is 36.4 Å². The van der Waals surface area contributed by atoms with Gasteiger partial charge in [0.15, 0.2) is 6.04 Å². The predicted molar refractivity (Wildman–Crippen MR) is 112 cm³/mol. The highest BCUT2D eigenvalue weighted by molar-refractivity contribution is 5.82. The van der Waals surface area contributed by atoms with Crippen LogP contribution in [0.2, 0.25) is 0 Å². The van der Waals surface area contributed by atoms with E-state index in [0.717, 1.165) is 11.1 Å². The fraction of sp³-hybridized carbons (Fsp3) is 0.826. The Hall–Kier alpha value is -1.73. The quantitative estimate of drug-likeness (QED) is 0.709. The van der Waals surface area contributed by atoms with Gasteiger partial charge in [0.25, 0.3) is 0 Å². The highest BCUT2D eigenvalue weighted by Crippen LogP contribution is 2.56. The van der Waals surface area contributed by atoms with Crippen LogP contribution in [0.4, 0.5) is 19.0 Å². The smallest absolute Gasteiger partial charge is 0.367 e. The normalized spacial score (nSPS) is 35.4. The van der Waals surface area contributed by atoms with Gasteiger partial charge in [0.2, 0.25) is 5.91 Å². The number of alkyl halides is 3. The van der Waals surface area contributed by atoms with E-state index in [9.17, 15) is 18.0 Å². The lowest BCUT2D eigenvalue weighted by molar-refractivity contribution is -0.175. The van der Waals surface area contributed by atoms with E-state index in [4.69, 9.17) is 0 Å². The molecule has 1 saturated heterocycles. The number of carbonyl (C=O) groups is 1. The maximum Gasteiger partial charge on any atom is 0.410 e. The van der Waals surface area contributed by atoms with Crippen LogP contribution in [-0.2, 0) is 4.79 Å². The fourth-order valence-electron chi connectivity index (χ4n) is 6.13. The molecule has 3 fully saturated rings. The molecule has 3 heterocycles. The Morgan fingerprint density at radius 2 is 1.81 bits per heavy atom. The molecule has 1 aromatic heterocycles. The molecule has 31 heavy (non-hydrogen) atoms. The van der Waals surface area contributed by atoms with Gasteiger partial charge in [0.05, 0.1) is 5.69 Å². The Kier molecular flexibility index (Phi) is 4.87. The molecule has 5 nitrogen and oxygen atoms in total. The molecule has 1 N–H and O–H groups in total. The minimum absolute atomic E-state index is 0.00611. The Bertz CT molecular complexity index is 846. The minimum atomic E-state index is -4.34. The second-order valence-corrected chi connectivity index (χ2v) is 11.2. The van der Waals surface area contributed by atoms with Crippen LogP contribution in [0.3, 0.4) is 0 Å². The average molecular weight is 439 g/mol. The summed E-state index contributed by atoms with van der Waals surface area (Å²) in [5, 5.41) is 7.72. The first-order valence-corrected chi connectivity index (χ1v) is 11.8. The molecule has 172 valence electrons. The second-order valence-electron chi connectivity index (χ2n) is 11.2. The third-order valence-corrected chi connectivity index (χ3v) is 8.11. The van der Waals surface area contributed by atoms with Gasteiger partial charge < -0.3 is 10.2 Å². The summed E-state index contributed by atoms with van der Waals surface area (Å²) in [6.07, 6.45) is 1.21. The van der Waals surface area contributed by atoms with Crippen LogP contribution in [-0.4, -0.2) is 45.9 Å². The largest absolute Gasteiger partial charge is 0.410 e. The molecule has 0 bridgehead atoms. The number of halogens is 3. The molecule has 5 atom stereocenters. The summed E-state index contributed by atoms with van der Waals surface area (Å²) in [7, 11) is 0. The lowest BCUT2D eigenvalue weighted by Gasteiger charge is -2.39. The number of carbonyl (C=O) groups excluding carboxylic acids is 1. The van der Waals surface area contributed by atoms with Crippen molar-refractivity contribution in [3.05, 3.63) is 11.8 Å². The van der Waals surface area contributed by atoms with E-state index in [1.54, 1.807) is 6.07 Å². The number of hydrogen-bond donors (Lipinski definition) is 1. The summed E-state index contributed by atoms with van der Waals surface area (Å²) < 4.78 is 42.6. The van der Waals surface area contributed by atoms with Crippen molar-refractivity contribution in [2.75, 3.05) is 18.4 Å². The maximum atomic E-state index is 13.8. The third-order valence-electron chi connectivity index (χ3n) is 8.11. The van der Waals surface area contributed by atoms with Gasteiger partial charge in [-0.2, -0.15) is 18.3 Å². The van der Waals surface area contributed by atoms with Crippen LogP contribution in [0.15, 0.2) is 6.07 Å². The van der Waals surface area contributed by atoms with Crippen LogP contribution in [0.25, 0.3) is 0 Å². The van der Waals surface area contributed by atoms with Crippen molar-refractivity contribution >= 4 is 11.7 Å². The minimum Gasteiger partial charge on any atom is -0.367 e. The molecule has 2 aliphatic heterocycles. The molecular weight excluding hydrogens is 405 g/mol. The Morgan fingerprint density at radius 1 is 1.13 bits per heavy atom. The van der Waals surface area contributed by atoms with Gasteiger partial charge in [-0.05, 0) is 42.9 Å². The van der Waals surface area contributed by atoms with Crippen LogP contribution < -0.4 is 5.32 Å². The van der Waals surface area contributed by atoms with E-state index < -0.39 is 12.2 Å². The fourth-order valence-corrected chi connectivity index (χ4v) is 6.13. The molecule has 1 aromatic rings. The molecule has 2 saturated carbocycles. The van der Waals surface area contributed by atoms with E-state index in [1.807, 2.05) is 25.7 Å². The first-order valence-electron chi connectivity index (χ1n) is 11.8. The van der Waals surface area contributed by atoms with Crippen molar-refractivity contribution in [2.45, 2.75) is 83.5 Å². The third kappa shape index (κ3) is 3.74. The number of likely N-dealkylation sites (tertiary alicyclic amines) is 1. The Labute approximate surface area is 181 Å². The standard InChI is InChI=1S/C23H33F3N4O/c1-22(2,3)17-11-18(23(24,25)26)30-19(27-17)10-16(28-30)13-8-9-29(12-13)21(31)20-14-6-4-5-7-15(14)20/h10,13-15,17-18,20,27H,4-9,11-12H2,1-3H3/t13-,14+,15+,17-,18+/m1/s1. The number of hydrogen-bond acceptors (Lipinski definition) is 3. The number of nitrogens with one attached hydrogen (secondary N) is 1. The van der Waals surface area contributed by atoms with E-state index in [2.05, 4.69) is 10.4 Å². The van der Waals surface area contributed by atoms with E-state index in [-0.39, 0.29) is 35.6 Å². The number of anilines is 1. The van der Waals surface area contributed by atoms with Crippen LogP contribution in [0, 0.1) is 23.2 Å². The van der Waals surface area contributed by atoms with Crippen molar-refractivity contribution < 1.29 is 18.0 Å². The molecule has 1 amide bonds. The highest BCUT2D eigenvalue weighted by Gasteiger charge is 2.56. The molecular formula is C23H33F3N4O. The summed E-state index contributed by atoms with van der Waals surface area (Å²) in [6, 6.07) is -0.113. The van der Waals surface area contributed by atoms with Crippen molar-refractivity contribution in [2.24, 2.45) is 23.2 Å². The lowest BCUT2D eigenvalue weighted by atomic mass is 9.82. The van der Waals surface area contributed by atoms with Crippen molar-refractivity contribution in [3.63, 3.8) is 0 Å². The van der Waals surface area contributed by atoms with E-state index >= 15 is 0 Å². The van der Waals surface area contributed by atoms with Gasteiger partial charge in [-0.3, -0.25) is 4.79 Å². The summed E-state index contributed by atoms with van der Waals surface area (Å²) in [5.74, 6) is 2.06. The number of fused-ring (bicyclic) bond motifs is 2. The lowest BCUT2D eigenvalue weighted by Crippen LogP contribution is -2.44. The topological polar surface area (TPSA) is 50.2 Å². The van der Waals surface area contributed by atoms with Gasteiger partial charge >= 0.3 is 6.18 Å². The summed E-state index contributed by atoms with van der Waals surface area (Å²) >= 11 is 0. The summed E-state index contributed by atoms with van der Waals surface area (Å²) in [6.45, 7) is 7.13. The van der Waals surface area contributed by atoms with Gasteiger partial charge in [-0.1, -0.05) is 33.6 Å². The first-order chi connectivity index (χ1) is 14.5.